The van der Waals surface area contributed by atoms with Crippen molar-refractivity contribution in [2.45, 2.75) is 26.3 Å². The number of benzene rings is 1. The summed E-state index contributed by atoms with van der Waals surface area (Å²) in [5, 5.41) is 3.30. The van der Waals surface area contributed by atoms with E-state index in [0.29, 0.717) is 6.61 Å². The van der Waals surface area contributed by atoms with Crippen molar-refractivity contribution in [3.63, 3.8) is 0 Å². The van der Waals surface area contributed by atoms with Gasteiger partial charge in [-0.05, 0) is 32.9 Å². The Bertz CT molecular complexity index is 558. The van der Waals surface area contributed by atoms with Crippen LogP contribution in [-0.2, 0) is 0 Å². The number of rotatable bonds is 1. The molecule has 0 radical (unpaired) electrons. The summed E-state index contributed by atoms with van der Waals surface area (Å²) in [6, 6.07) is 5.69. The quantitative estimate of drug-likeness (QED) is 0.862. The number of carbonyl (C=O) groups excluding carboxylic acids is 1. The average Bonchev–Trinajstić information content (AvgIpc) is 2.53. The number of para-hydroxylation sites is 1. The molecule has 2 aliphatic rings. The molecule has 0 aromatic heterocycles. The van der Waals surface area contributed by atoms with E-state index in [1.165, 1.54) is 0 Å². The van der Waals surface area contributed by atoms with Gasteiger partial charge in [-0.2, -0.15) is 0 Å². The summed E-state index contributed by atoms with van der Waals surface area (Å²) in [5.74, 6) is 0.883. The van der Waals surface area contributed by atoms with Gasteiger partial charge < -0.3 is 15.0 Å². The van der Waals surface area contributed by atoms with Crippen LogP contribution in [0.25, 0.3) is 0 Å². The minimum absolute atomic E-state index is 0.100. The fourth-order valence-electron chi connectivity index (χ4n) is 3.10. The van der Waals surface area contributed by atoms with Gasteiger partial charge in [0.25, 0.3) is 5.91 Å². The second kappa shape index (κ2) is 5.80. The van der Waals surface area contributed by atoms with Crippen LogP contribution in [0.2, 0.25) is 0 Å². The number of nitrogens with one attached hydrogen (secondary N) is 1. The van der Waals surface area contributed by atoms with Crippen LogP contribution in [0.1, 0.15) is 31.1 Å². The van der Waals surface area contributed by atoms with E-state index in [9.17, 15) is 4.79 Å². The van der Waals surface area contributed by atoms with Crippen LogP contribution in [0.3, 0.4) is 0 Å². The first-order valence-corrected chi connectivity index (χ1v) is 8.01. The lowest BCUT2D eigenvalue weighted by Crippen LogP contribution is -2.54. The Kier molecular flexibility index (Phi) is 4.00. The number of fused-ring (bicyclic) bond motifs is 1. The Hall–Kier alpha value is -1.75. The third kappa shape index (κ3) is 2.90. The number of carbonyl (C=O) groups is 1. The van der Waals surface area contributed by atoms with Crippen LogP contribution < -0.4 is 10.1 Å². The van der Waals surface area contributed by atoms with Gasteiger partial charge in [0.15, 0.2) is 0 Å². The highest BCUT2D eigenvalue weighted by Crippen LogP contribution is 2.31. The highest BCUT2D eigenvalue weighted by atomic mass is 16.5. The molecule has 1 amide bonds. The molecule has 5 heteroatoms. The molecule has 0 atom stereocenters. The Morgan fingerprint density at radius 3 is 2.59 bits per heavy atom. The van der Waals surface area contributed by atoms with E-state index in [0.717, 1.165) is 49.7 Å². The van der Waals surface area contributed by atoms with Crippen LogP contribution in [0.15, 0.2) is 18.2 Å². The summed E-state index contributed by atoms with van der Waals surface area (Å²) in [7, 11) is 0. The van der Waals surface area contributed by atoms with Crippen molar-refractivity contribution in [3.8, 4) is 5.75 Å². The number of anilines is 1. The van der Waals surface area contributed by atoms with Gasteiger partial charge in [0.1, 0.15) is 12.4 Å². The van der Waals surface area contributed by atoms with Gasteiger partial charge in [-0.1, -0.05) is 6.07 Å². The van der Waals surface area contributed by atoms with Gasteiger partial charge in [-0.3, -0.25) is 9.69 Å². The predicted molar refractivity (Wildman–Crippen MR) is 87.7 cm³/mol. The third-order valence-electron chi connectivity index (χ3n) is 4.43. The molecule has 2 aliphatic heterocycles. The maximum absolute atomic E-state index is 12.8. The molecular formula is C17H25N3O2. The van der Waals surface area contributed by atoms with E-state index in [1.54, 1.807) is 0 Å². The van der Waals surface area contributed by atoms with Crippen LogP contribution in [0.5, 0.6) is 5.75 Å². The molecule has 1 N–H and O–H groups in total. The zero-order valence-electron chi connectivity index (χ0n) is 13.7. The van der Waals surface area contributed by atoms with Crippen molar-refractivity contribution in [3.05, 3.63) is 23.8 Å². The number of piperazine rings is 1. The Morgan fingerprint density at radius 2 is 1.91 bits per heavy atom. The third-order valence-corrected chi connectivity index (χ3v) is 4.43. The number of amides is 1. The van der Waals surface area contributed by atoms with Crippen molar-refractivity contribution < 1.29 is 9.53 Å². The first kappa shape index (κ1) is 15.2. The Labute approximate surface area is 132 Å². The molecule has 1 fully saturated rings. The van der Waals surface area contributed by atoms with Crippen LogP contribution >= 0.6 is 0 Å². The van der Waals surface area contributed by atoms with E-state index in [-0.39, 0.29) is 11.4 Å². The predicted octanol–water partition coefficient (Wildman–Crippen LogP) is 2.05. The summed E-state index contributed by atoms with van der Waals surface area (Å²) in [6.07, 6.45) is 0. The summed E-state index contributed by atoms with van der Waals surface area (Å²) < 4.78 is 5.62. The second-order valence-corrected chi connectivity index (χ2v) is 6.90. The molecule has 22 heavy (non-hydrogen) atoms. The number of hydrogen-bond donors (Lipinski definition) is 1. The molecule has 0 spiro atoms. The molecule has 0 saturated carbocycles. The summed E-state index contributed by atoms with van der Waals surface area (Å²) >= 11 is 0. The highest BCUT2D eigenvalue weighted by molar-refractivity contribution is 6.01. The molecule has 120 valence electrons. The first-order valence-electron chi connectivity index (χ1n) is 8.01. The van der Waals surface area contributed by atoms with Gasteiger partial charge in [-0.15, -0.1) is 0 Å². The molecule has 0 bridgehead atoms. The van der Waals surface area contributed by atoms with Gasteiger partial charge in [0.2, 0.25) is 0 Å². The summed E-state index contributed by atoms with van der Waals surface area (Å²) in [5.41, 5.74) is 1.73. The fraction of sp³-hybridized carbons (Fsp3) is 0.588. The molecule has 3 rings (SSSR count). The van der Waals surface area contributed by atoms with Crippen molar-refractivity contribution in [2.24, 2.45) is 0 Å². The van der Waals surface area contributed by atoms with E-state index in [1.807, 2.05) is 23.1 Å². The van der Waals surface area contributed by atoms with E-state index in [2.05, 4.69) is 31.0 Å². The maximum Gasteiger partial charge on any atom is 0.256 e. The normalized spacial score (nSPS) is 19.1. The van der Waals surface area contributed by atoms with E-state index < -0.39 is 0 Å². The number of hydrogen-bond acceptors (Lipinski definition) is 4. The fourth-order valence-corrected chi connectivity index (χ4v) is 3.10. The topological polar surface area (TPSA) is 44.8 Å². The van der Waals surface area contributed by atoms with Crippen molar-refractivity contribution in [1.29, 1.82) is 0 Å². The zero-order chi connectivity index (χ0) is 15.7. The minimum atomic E-state index is 0.100. The number of nitrogens with zero attached hydrogens (tertiary/aromatic N) is 2. The number of ether oxygens (including phenoxy) is 1. The monoisotopic (exact) mass is 303 g/mol. The van der Waals surface area contributed by atoms with E-state index in [4.69, 9.17) is 4.74 Å². The standard InChI is InChI=1S/C17H25N3O2/c1-17(2,3)20-10-8-19(9-11-20)16(21)13-5-4-6-14-15(13)18-7-12-22-14/h4-6,18H,7-12H2,1-3H3. The van der Waals surface area contributed by atoms with Crippen molar-refractivity contribution in [1.82, 2.24) is 9.80 Å². The molecule has 1 aromatic rings. The van der Waals surface area contributed by atoms with Crippen molar-refractivity contribution in [2.75, 3.05) is 44.6 Å². The van der Waals surface area contributed by atoms with Crippen LogP contribution in [0, 0.1) is 0 Å². The lowest BCUT2D eigenvalue weighted by atomic mass is 10.0. The Morgan fingerprint density at radius 1 is 1.18 bits per heavy atom. The van der Waals surface area contributed by atoms with Crippen molar-refractivity contribution >= 4 is 11.6 Å². The average molecular weight is 303 g/mol. The van der Waals surface area contributed by atoms with Gasteiger partial charge in [-0.25, -0.2) is 0 Å². The summed E-state index contributed by atoms with van der Waals surface area (Å²) in [6.45, 7) is 11.5. The molecule has 0 unspecified atom stereocenters. The first-order chi connectivity index (χ1) is 10.5. The highest BCUT2D eigenvalue weighted by Gasteiger charge is 2.29. The summed E-state index contributed by atoms with van der Waals surface area (Å²) in [4.78, 5) is 17.2. The largest absolute Gasteiger partial charge is 0.490 e. The minimum Gasteiger partial charge on any atom is -0.490 e. The van der Waals surface area contributed by atoms with Gasteiger partial charge in [0.05, 0.1) is 11.3 Å². The molecular weight excluding hydrogens is 278 g/mol. The zero-order valence-corrected chi connectivity index (χ0v) is 13.7. The molecule has 1 saturated heterocycles. The Balaban J connectivity index is 1.73. The smallest absolute Gasteiger partial charge is 0.256 e. The molecule has 5 nitrogen and oxygen atoms in total. The molecule has 2 heterocycles. The maximum atomic E-state index is 12.8. The van der Waals surface area contributed by atoms with Gasteiger partial charge in [0, 0.05) is 38.3 Å². The van der Waals surface area contributed by atoms with E-state index >= 15 is 0 Å². The SMILES string of the molecule is CC(C)(C)N1CCN(C(=O)c2cccc3c2NCCO3)CC1. The molecule has 0 aliphatic carbocycles. The molecule has 1 aromatic carbocycles. The van der Waals surface area contributed by atoms with Gasteiger partial charge >= 0.3 is 0 Å². The second-order valence-electron chi connectivity index (χ2n) is 6.90. The lowest BCUT2D eigenvalue weighted by molar-refractivity contribution is 0.0451. The van der Waals surface area contributed by atoms with Crippen LogP contribution in [-0.4, -0.2) is 60.6 Å². The van der Waals surface area contributed by atoms with Crippen LogP contribution in [0.4, 0.5) is 5.69 Å². The lowest BCUT2D eigenvalue weighted by Gasteiger charge is -2.42.